The van der Waals surface area contributed by atoms with Crippen LogP contribution in [0.1, 0.15) is 24.1 Å². The lowest BCUT2D eigenvalue weighted by atomic mass is 9.98. The number of benzene rings is 1. The van der Waals surface area contributed by atoms with Gasteiger partial charge in [0.05, 0.1) is 11.6 Å². The number of piperidine rings is 1. The van der Waals surface area contributed by atoms with Gasteiger partial charge in [-0.15, -0.1) is 12.4 Å². The van der Waals surface area contributed by atoms with Crippen molar-refractivity contribution in [3.05, 3.63) is 35.7 Å². The van der Waals surface area contributed by atoms with Crippen molar-refractivity contribution < 1.29 is 9.21 Å². The van der Waals surface area contributed by atoms with Crippen LogP contribution in [0, 0.1) is 19.8 Å². The maximum Gasteiger partial charge on any atom is 0.228 e. The summed E-state index contributed by atoms with van der Waals surface area (Å²) in [6.45, 7) is 5.63. The third-order valence-corrected chi connectivity index (χ3v) is 4.03. The Kier molecular flexibility index (Phi) is 5.80. The van der Waals surface area contributed by atoms with Crippen LogP contribution in [0.15, 0.2) is 28.9 Å². The van der Waals surface area contributed by atoms with Gasteiger partial charge in [0.2, 0.25) is 11.8 Å². The molecule has 0 aliphatic carbocycles. The summed E-state index contributed by atoms with van der Waals surface area (Å²) >= 11 is 0. The largest absolute Gasteiger partial charge is 0.444 e. The second-order valence-electron chi connectivity index (χ2n) is 5.86. The van der Waals surface area contributed by atoms with Gasteiger partial charge in [0.15, 0.2) is 0 Å². The summed E-state index contributed by atoms with van der Waals surface area (Å²) in [6.07, 6.45) is 3.62. The fraction of sp³-hybridized carbons (Fsp3) is 0.412. The van der Waals surface area contributed by atoms with E-state index in [0.29, 0.717) is 5.89 Å². The average Bonchev–Trinajstić information content (AvgIpc) is 2.97. The molecule has 5 nitrogen and oxygen atoms in total. The zero-order valence-corrected chi connectivity index (χ0v) is 14.2. The van der Waals surface area contributed by atoms with Crippen molar-refractivity contribution in [2.45, 2.75) is 26.7 Å². The van der Waals surface area contributed by atoms with Gasteiger partial charge in [-0.25, -0.2) is 4.98 Å². The molecule has 0 spiro atoms. The summed E-state index contributed by atoms with van der Waals surface area (Å²) in [5.41, 5.74) is 3.57. The van der Waals surface area contributed by atoms with Crippen molar-refractivity contribution in [2.24, 2.45) is 5.92 Å². The van der Waals surface area contributed by atoms with Gasteiger partial charge in [-0.1, -0.05) is 6.07 Å². The predicted molar refractivity (Wildman–Crippen MR) is 92.9 cm³/mol. The summed E-state index contributed by atoms with van der Waals surface area (Å²) in [6, 6.07) is 5.86. The van der Waals surface area contributed by atoms with E-state index in [-0.39, 0.29) is 24.2 Å². The molecule has 1 aromatic heterocycles. The summed E-state index contributed by atoms with van der Waals surface area (Å²) < 4.78 is 5.43. The highest BCUT2D eigenvalue weighted by atomic mass is 35.5. The summed E-state index contributed by atoms with van der Waals surface area (Å²) in [5.74, 6) is 0.698. The molecule has 1 aliphatic heterocycles. The molecule has 2 heterocycles. The van der Waals surface area contributed by atoms with E-state index in [9.17, 15) is 4.79 Å². The van der Waals surface area contributed by atoms with Crippen LogP contribution in [0.25, 0.3) is 11.5 Å². The van der Waals surface area contributed by atoms with E-state index in [1.54, 1.807) is 6.26 Å². The van der Waals surface area contributed by atoms with Crippen molar-refractivity contribution in [1.82, 2.24) is 10.3 Å². The molecule has 3 rings (SSSR count). The van der Waals surface area contributed by atoms with Gasteiger partial charge >= 0.3 is 0 Å². The Balaban J connectivity index is 0.00000192. The fourth-order valence-corrected chi connectivity index (χ4v) is 2.69. The number of rotatable bonds is 3. The average molecular weight is 336 g/mol. The maximum atomic E-state index is 12.4. The van der Waals surface area contributed by atoms with E-state index in [2.05, 4.69) is 15.6 Å². The molecule has 1 atom stereocenters. The van der Waals surface area contributed by atoms with Crippen LogP contribution in [-0.4, -0.2) is 24.0 Å². The number of aryl methyl sites for hydroxylation is 2. The smallest absolute Gasteiger partial charge is 0.228 e. The highest BCUT2D eigenvalue weighted by Crippen LogP contribution is 2.25. The fourth-order valence-electron chi connectivity index (χ4n) is 2.69. The second-order valence-corrected chi connectivity index (χ2v) is 5.86. The molecule has 0 saturated carbocycles. The molecule has 1 fully saturated rings. The molecule has 1 saturated heterocycles. The van der Waals surface area contributed by atoms with Crippen LogP contribution in [0.4, 0.5) is 5.69 Å². The summed E-state index contributed by atoms with van der Waals surface area (Å²) in [5, 5.41) is 6.32. The number of aromatic nitrogens is 1. The Labute approximate surface area is 142 Å². The molecule has 1 amide bonds. The van der Waals surface area contributed by atoms with Crippen LogP contribution >= 0.6 is 12.4 Å². The third-order valence-electron chi connectivity index (χ3n) is 4.03. The standard InChI is InChI=1S/C17H21N3O2.ClH/c1-11-5-6-13(17-19-12(2)10-22-17)8-15(11)20-16(21)14-4-3-7-18-9-14;/h5-6,8,10,14,18H,3-4,7,9H2,1-2H3,(H,20,21);1H. The topological polar surface area (TPSA) is 67.2 Å². The van der Waals surface area contributed by atoms with Crippen molar-refractivity contribution in [3.63, 3.8) is 0 Å². The van der Waals surface area contributed by atoms with Crippen molar-refractivity contribution >= 4 is 24.0 Å². The number of amides is 1. The van der Waals surface area contributed by atoms with Gasteiger partial charge in [0.25, 0.3) is 0 Å². The second kappa shape index (κ2) is 7.62. The molecule has 0 bridgehead atoms. The van der Waals surface area contributed by atoms with Gasteiger partial charge in [0.1, 0.15) is 6.26 Å². The number of carbonyl (C=O) groups excluding carboxylic acids is 1. The molecule has 1 unspecified atom stereocenters. The molecule has 2 N–H and O–H groups in total. The Morgan fingerprint density at radius 1 is 1.39 bits per heavy atom. The number of nitrogens with zero attached hydrogens (tertiary/aromatic N) is 1. The SMILES string of the molecule is Cc1coc(-c2ccc(C)c(NC(=O)C3CCCNC3)c2)n1.Cl. The minimum atomic E-state index is 0. The number of anilines is 1. The van der Waals surface area contributed by atoms with Gasteiger partial charge in [-0.3, -0.25) is 4.79 Å². The zero-order valence-electron chi connectivity index (χ0n) is 13.4. The zero-order chi connectivity index (χ0) is 15.5. The molecular formula is C17H22ClN3O2. The number of nitrogens with one attached hydrogen (secondary N) is 2. The van der Waals surface area contributed by atoms with E-state index in [1.165, 1.54) is 0 Å². The highest BCUT2D eigenvalue weighted by molar-refractivity contribution is 5.94. The molecule has 1 aromatic carbocycles. The number of hydrogen-bond acceptors (Lipinski definition) is 4. The molecule has 6 heteroatoms. The van der Waals surface area contributed by atoms with Gasteiger partial charge in [0, 0.05) is 17.8 Å². The summed E-state index contributed by atoms with van der Waals surface area (Å²) in [4.78, 5) is 16.7. The Hall–Kier alpha value is -1.85. The third kappa shape index (κ3) is 4.12. The maximum absolute atomic E-state index is 12.4. The molecule has 0 radical (unpaired) electrons. The van der Waals surface area contributed by atoms with Crippen molar-refractivity contribution in [3.8, 4) is 11.5 Å². The van der Waals surface area contributed by atoms with Gasteiger partial charge < -0.3 is 15.1 Å². The van der Waals surface area contributed by atoms with Gasteiger partial charge in [-0.2, -0.15) is 0 Å². The van der Waals surface area contributed by atoms with E-state index in [1.807, 2.05) is 32.0 Å². The first-order valence-corrected chi connectivity index (χ1v) is 7.68. The Bertz CT molecular complexity index is 678. The number of hydrogen-bond donors (Lipinski definition) is 2. The summed E-state index contributed by atoms with van der Waals surface area (Å²) in [7, 11) is 0. The lowest BCUT2D eigenvalue weighted by Gasteiger charge is -2.22. The van der Waals surface area contributed by atoms with Crippen LogP contribution in [-0.2, 0) is 4.79 Å². The van der Waals surface area contributed by atoms with Crippen molar-refractivity contribution in [2.75, 3.05) is 18.4 Å². The molecule has 23 heavy (non-hydrogen) atoms. The predicted octanol–water partition coefficient (Wildman–Crippen LogP) is 3.32. The van der Waals surface area contributed by atoms with Gasteiger partial charge in [-0.05, 0) is 50.9 Å². The lowest BCUT2D eigenvalue weighted by molar-refractivity contribution is -0.120. The van der Waals surface area contributed by atoms with E-state index in [0.717, 1.165) is 48.4 Å². The van der Waals surface area contributed by atoms with Crippen LogP contribution in [0.3, 0.4) is 0 Å². The van der Waals surface area contributed by atoms with E-state index >= 15 is 0 Å². The van der Waals surface area contributed by atoms with E-state index < -0.39 is 0 Å². The first-order valence-electron chi connectivity index (χ1n) is 7.68. The van der Waals surface area contributed by atoms with Crippen molar-refractivity contribution in [1.29, 1.82) is 0 Å². The first kappa shape index (κ1) is 17.5. The monoisotopic (exact) mass is 335 g/mol. The molecule has 124 valence electrons. The Morgan fingerprint density at radius 2 is 2.22 bits per heavy atom. The minimum absolute atomic E-state index is 0. The first-order chi connectivity index (χ1) is 10.6. The normalized spacial score (nSPS) is 17.4. The Morgan fingerprint density at radius 3 is 2.87 bits per heavy atom. The highest BCUT2D eigenvalue weighted by Gasteiger charge is 2.21. The van der Waals surface area contributed by atoms with Crippen LogP contribution in [0.2, 0.25) is 0 Å². The van der Waals surface area contributed by atoms with Crippen LogP contribution in [0.5, 0.6) is 0 Å². The molecular weight excluding hydrogens is 314 g/mol. The minimum Gasteiger partial charge on any atom is -0.444 e. The number of halogens is 1. The number of carbonyl (C=O) groups is 1. The van der Waals surface area contributed by atoms with Crippen LogP contribution < -0.4 is 10.6 Å². The van der Waals surface area contributed by atoms with E-state index in [4.69, 9.17) is 4.42 Å². The quantitative estimate of drug-likeness (QED) is 0.903. The molecule has 2 aromatic rings. The lowest BCUT2D eigenvalue weighted by Crippen LogP contribution is -2.37. The number of oxazole rings is 1. The molecule has 1 aliphatic rings.